The van der Waals surface area contributed by atoms with Gasteiger partial charge in [-0.25, -0.2) is 4.79 Å². The van der Waals surface area contributed by atoms with Gasteiger partial charge in [-0.15, -0.1) is 0 Å². The van der Waals surface area contributed by atoms with Crippen LogP contribution in [0.4, 0.5) is 8.78 Å². The summed E-state index contributed by atoms with van der Waals surface area (Å²) in [5.41, 5.74) is 6.51. The number of benzene rings is 2. The molecule has 0 saturated heterocycles. The van der Waals surface area contributed by atoms with Crippen LogP contribution in [0.3, 0.4) is 0 Å². The average molecular weight is 405 g/mol. The maximum Gasteiger partial charge on any atom is 0.368 e. The lowest BCUT2D eigenvalue weighted by Gasteiger charge is -2.05. The normalized spacial score (nSPS) is 12.0. The van der Waals surface area contributed by atoms with Crippen molar-refractivity contribution in [2.75, 3.05) is 12.8 Å². The van der Waals surface area contributed by atoms with Crippen molar-refractivity contribution < 1.29 is 13.0 Å². The molecule has 146 valence electrons. The Bertz CT molecular complexity index is 1080. The van der Waals surface area contributed by atoms with Crippen molar-refractivity contribution in [3.63, 3.8) is 0 Å². The van der Waals surface area contributed by atoms with Gasteiger partial charge in [-0.05, 0) is 45.8 Å². The predicted molar refractivity (Wildman–Crippen MR) is 102 cm³/mol. The number of nitrogens with two attached hydrogens (primary N) is 1. The second-order valence-electron chi connectivity index (χ2n) is 5.92. The minimum Gasteiger partial charge on any atom is -0.327 e. The lowest BCUT2D eigenvalue weighted by atomic mass is 10.1. The van der Waals surface area contributed by atoms with E-state index in [0.29, 0.717) is 5.69 Å². The minimum absolute atomic E-state index is 0.374. The van der Waals surface area contributed by atoms with Crippen molar-refractivity contribution in [1.82, 2.24) is 19.8 Å². The molecule has 28 heavy (non-hydrogen) atoms. The highest BCUT2D eigenvalue weighted by molar-refractivity contribution is 7.84. The maximum absolute atomic E-state index is 12.7. The summed E-state index contributed by atoms with van der Waals surface area (Å²) >= 11 is 0. The first-order valence-electron chi connectivity index (χ1n) is 8.21. The van der Waals surface area contributed by atoms with Gasteiger partial charge in [-0.2, -0.15) is 18.1 Å². The molecule has 3 aromatic rings. The van der Waals surface area contributed by atoms with Crippen LogP contribution in [0.5, 0.6) is 0 Å². The van der Waals surface area contributed by atoms with E-state index in [1.807, 2.05) is 12.1 Å². The average Bonchev–Trinajstić information content (AvgIpc) is 3.06. The van der Waals surface area contributed by atoms with E-state index in [2.05, 4.69) is 10.4 Å². The van der Waals surface area contributed by atoms with Crippen molar-refractivity contribution in [3.8, 4) is 16.8 Å². The Morgan fingerprint density at radius 2 is 1.61 bits per heavy atom. The molecule has 0 bridgehead atoms. The van der Waals surface area contributed by atoms with Crippen LogP contribution in [0.15, 0.2) is 69.9 Å². The molecule has 0 aliphatic heterocycles. The van der Waals surface area contributed by atoms with Gasteiger partial charge in [0.2, 0.25) is 0 Å². The van der Waals surface area contributed by atoms with E-state index < -0.39 is 29.1 Å². The largest absolute Gasteiger partial charge is 0.368 e. The molecule has 0 radical (unpaired) electrons. The molecular weight excluding hydrogens is 388 g/mol. The smallest absolute Gasteiger partial charge is 0.327 e. The summed E-state index contributed by atoms with van der Waals surface area (Å²) in [6.45, 7) is -0.790. The molecule has 0 amide bonds. The summed E-state index contributed by atoms with van der Waals surface area (Å²) in [5, 5.41) is 7.38. The van der Waals surface area contributed by atoms with E-state index in [9.17, 15) is 17.8 Å². The summed E-state index contributed by atoms with van der Waals surface area (Å²) in [4.78, 5) is 13.1. The van der Waals surface area contributed by atoms with Crippen LogP contribution in [0.25, 0.3) is 16.8 Å². The van der Waals surface area contributed by atoms with E-state index in [1.54, 1.807) is 42.7 Å². The van der Waals surface area contributed by atoms with Crippen LogP contribution in [0, 0.1) is 0 Å². The van der Waals surface area contributed by atoms with Crippen LogP contribution in [-0.2, 0) is 17.3 Å². The van der Waals surface area contributed by atoms with Crippen LogP contribution in [-0.4, -0.2) is 36.8 Å². The first-order valence-corrected chi connectivity index (χ1v) is 9.76. The fourth-order valence-corrected chi connectivity index (χ4v) is 3.07. The van der Waals surface area contributed by atoms with Crippen LogP contribution >= 0.6 is 0 Å². The zero-order valence-electron chi connectivity index (χ0n) is 14.9. The Balaban J connectivity index is 1.85. The van der Waals surface area contributed by atoms with Crippen LogP contribution in [0.1, 0.15) is 0 Å². The summed E-state index contributed by atoms with van der Waals surface area (Å²) in [6, 6.07) is 14.3. The molecule has 10 heteroatoms. The first-order chi connectivity index (χ1) is 13.4. The molecule has 0 fully saturated rings. The lowest BCUT2D eigenvalue weighted by molar-refractivity contribution is 0.400. The molecule has 1 unspecified atom stereocenters. The second-order valence-corrected chi connectivity index (χ2v) is 7.30. The van der Waals surface area contributed by atoms with Crippen molar-refractivity contribution >= 4 is 10.8 Å². The van der Waals surface area contributed by atoms with Gasteiger partial charge in [0, 0.05) is 34.1 Å². The molecule has 0 spiro atoms. The number of halogens is 2. The minimum atomic E-state index is -1.92. The Labute approximate surface area is 161 Å². The standard InChI is InChI=1S/C18H17F2N5O2S/c1-28(27)16-8-4-13(5-9-16)12-2-6-15(7-3-12)25-18(26)24(22-23-25)11-14(10-21)17(19)20/h2-9H,10-11,21H2,1H3. The third kappa shape index (κ3) is 4.12. The van der Waals surface area contributed by atoms with Gasteiger partial charge in [0.1, 0.15) is 0 Å². The highest BCUT2D eigenvalue weighted by atomic mass is 32.2. The number of nitrogens with zero attached hydrogens (tertiary/aromatic N) is 4. The molecule has 0 aliphatic rings. The summed E-state index contributed by atoms with van der Waals surface area (Å²) in [5.74, 6) is 0. The number of aromatic nitrogens is 4. The second kappa shape index (κ2) is 8.36. The van der Waals surface area contributed by atoms with E-state index in [1.165, 1.54) is 0 Å². The van der Waals surface area contributed by atoms with Gasteiger partial charge in [0.15, 0.2) is 0 Å². The molecule has 2 aromatic carbocycles. The van der Waals surface area contributed by atoms with Crippen molar-refractivity contribution in [1.29, 1.82) is 0 Å². The van der Waals surface area contributed by atoms with Gasteiger partial charge < -0.3 is 5.73 Å². The van der Waals surface area contributed by atoms with Crippen molar-refractivity contribution in [2.45, 2.75) is 11.4 Å². The van der Waals surface area contributed by atoms with E-state index in [0.717, 1.165) is 25.4 Å². The summed E-state index contributed by atoms with van der Waals surface area (Å²) in [7, 11) is -1.04. The summed E-state index contributed by atoms with van der Waals surface area (Å²) in [6.07, 6.45) is -0.311. The molecule has 1 heterocycles. The van der Waals surface area contributed by atoms with E-state index in [4.69, 9.17) is 5.73 Å². The molecule has 1 atom stereocenters. The van der Waals surface area contributed by atoms with E-state index >= 15 is 0 Å². The molecule has 3 rings (SSSR count). The van der Waals surface area contributed by atoms with Crippen LogP contribution < -0.4 is 11.4 Å². The fraction of sp³-hybridized carbons (Fsp3) is 0.167. The first kappa shape index (κ1) is 19.8. The van der Waals surface area contributed by atoms with Gasteiger partial charge in [0.25, 0.3) is 6.08 Å². The zero-order valence-corrected chi connectivity index (χ0v) is 15.7. The maximum atomic E-state index is 12.7. The Morgan fingerprint density at radius 1 is 1.04 bits per heavy atom. The van der Waals surface area contributed by atoms with Gasteiger partial charge >= 0.3 is 5.69 Å². The Kier molecular flexibility index (Phi) is 5.90. The van der Waals surface area contributed by atoms with Crippen molar-refractivity contribution in [3.05, 3.63) is 70.7 Å². The highest BCUT2D eigenvalue weighted by Crippen LogP contribution is 2.21. The number of hydrogen-bond donors (Lipinski definition) is 1. The molecular formula is C18H17F2N5O2S. The predicted octanol–water partition coefficient (Wildman–Crippen LogP) is 1.94. The number of rotatable bonds is 6. The number of hydrogen-bond acceptors (Lipinski definition) is 5. The highest BCUT2D eigenvalue weighted by Gasteiger charge is 2.13. The fourth-order valence-electron chi connectivity index (χ4n) is 2.55. The van der Waals surface area contributed by atoms with Gasteiger partial charge in [-0.1, -0.05) is 24.3 Å². The van der Waals surface area contributed by atoms with Crippen LogP contribution in [0.2, 0.25) is 0 Å². The zero-order chi connectivity index (χ0) is 20.3. The monoisotopic (exact) mass is 405 g/mol. The van der Waals surface area contributed by atoms with Gasteiger partial charge in [-0.3, -0.25) is 4.21 Å². The quantitative estimate of drug-likeness (QED) is 0.676. The van der Waals surface area contributed by atoms with Crippen molar-refractivity contribution in [2.24, 2.45) is 5.73 Å². The third-order valence-electron chi connectivity index (χ3n) is 4.13. The SMILES string of the molecule is CS(=O)c1ccc(-c2ccc(-n3nnn(CC(CN)=C(F)F)c3=O)cc2)cc1. The van der Waals surface area contributed by atoms with Gasteiger partial charge in [0.05, 0.1) is 12.2 Å². The third-order valence-corrected chi connectivity index (χ3v) is 5.06. The summed E-state index contributed by atoms with van der Waals surface area (Å²) < 4.78 is 38.8. The molecule has 0 saturated carbocycles. The Morgan fingerprint density at radius 3 is 2.11 bits per heavy atom. The Hall–Kier alpha value is -2.98. The number of tetrazole rings is 1. The molecule has 7 nitrogen and oxygen atoms in total. The molecule has 1 aromatic heterocycles. The lowest BCUT2D eigenvalue weighted by Crippen LogP contribution is -2.26. The molecule has 2 N–H and O–H groups in total. The molecule has 0 aliphatic carbocycles. The van der Waals surface area contributed by atoms with E-state index in [-0.39, 0.29) is 12.1 Å². The topological polar surface area (TPSA) is 95.8 Å².